The number of para-hydroxylation sites is 2. The van der Waals surface area contributed by atoms with Gasteiger partial charge in [0.1, 0.15) is 11.8 Å². The number of carbonyl (C=O) groups is 1. The van der Waals surface area contributed by atoms with Crippen molar-refractivity contribution in [3.8, 4) is 11.5 Å². The molecule has 1 aromatic heterocycles. The molecule has 11 heteroatoms. The molecule has 1 unspecified atom stereocenters. The van der Waals surface area contributed by atoms with Gasteiger partial charge in [-0.15, -0.1) is 0 Å². The molecular formula is C26H25N3O7S. The Hall–Kier alpha value is -4.25. The van der Waals surface area contributed by atoms with Crippen LogP contribution in [0.1, 0.15) is 43.9 Å². The highest BCUT2D eigenvalue weighted by Crippen LogP contribution is 2.37. The first-order valence-electron chi connectivity index (χ1n) is 11.6. The minimum atomic E-state index is -0.867. The molecule has 0 aliphatic carbocycles. The average molecular weight is 524 g/mol. The molecule has 0 spiro atoms. The summed E-state index contributed by atoms with van der Waals surface area (Å²) < 4.78 is 12.5. The molecular weight excluding hydrogens is 498 g/mol. The summed E-state index contributed by atoms with van der Waals surface area (Å²) in [4.78, 5) is 42.6. The number of hydrogen-bond donors (Lipinski definition) is 1. The molecule has 1 aliphatic heterocycles. The SMILES string of the molecule is CCCC1=C(C(=O)OCC)C(c2ccccc2OC)n2c(s/c(=C\c3cccc([N+](=O)[O-])c3O)c2=O)=N1. The quantitative estimate of drug-likeness (QED) is 0.272. The van der Waals surface area contributed by atoms with E-state index in [1.54, 1.807) is 31.2 Å². The summed E-state index contributed by atoms with van der Waals surface area (Å²) in [5.74, 6) is -0.632. The van der Waals surface area contributed by atoms with Gasteiger partial charge in [0.05, 0.1) is 34.4 Å². The summed E-state index contributed by atoms with van der Waals surface area (Å²) in [6, 6.07) is 10.3. The van der Waals surface area contributed by atoms with E-state index in [1.165, 1.54) is 36.0 Å². The lowest BCUT2D eigenvalue weighted by Crippen LogP contribution is -2.40. The van der Waals surface area contributed by atoms with Crippen molar-refractivity contribution in [3.63, 3.8) is 0 Å². The maximum atomic E-state index is 13.8. The van der Waals surface area contributed by atoms with Crippen molar-refractivity contribution in [2.45, 2.75) is 32.7 Å². The van der Waals surface area contributed by atoms with E-state index in [-0.39, 0.29) is 22.3 Å². The summed E-state index contributed by atoms with van der Waals surface area (Å²) in [5.41, 5.74) is 0.536. The van der Waals surface area contributed by atoms with Crippen LogP contribution in [0.15, 0.2) is 63.5 Å². The molecule has 192 valence electrons. The molecule has 0 saturated carbocycles. The van der Waals surface area contributed by atoms with E-state index in [2.05, 4.69) is 4.99 Å². The van der Waals surface area contributed by atoms with Gasteiger partial charge in [0, 0.05) is 17.2 Å². The summed E-state index contributed by atoms with van der Waals surface area (Å²) in [6.45, 7) is 3.82. The molecule has 1 atom stereocenters. The third-order valence-electron chi connectivity index (χ3n) is 5.85. The molecule has 0 bridgehead atoms. The number of rotatable bonds is 8. The Labute approximate surface area is 215 Å². The number of nitrogens with zero attached hydrogens (tertiary/aromatic N) is 3. The number of nitro groups is 1. The number of aromatic hydroxyl groups is 1. The smallest absolute Gasteiger partial charge is 0.338 e. The third-order valence-corrected chi connectivity index (χ3v) is 6.84. The fourth-order valence-electron chi connectivity index (χ4n) is 4.26. The number of esters is 1. The van der Waals surface area contributed by atoms with Gasteiger partial charge in [-0.2, -0.15) is 0 Å². The number of aromatic nitrogens is 1. The molecule has 0 radical (unpaired) electrons. The predicted octanol–water partition coefficient (Wildman–Crippen LogP) is 3.20. The Morgan fingerprint density at radius 2 is 2.00 bits per heavy atom. The lowest BCUT2D eigenvalue weighted by Gasteiger charge is -2.26. The fourth-order valence-corrected chi connectivity index (χ4v) is 5.27. The Bertz CT molecular complexity index is 1590. The standard InChI is InChI=1S/C26H25N3O7S/c1-4-9-17-21(25(32)36-5-2)22(16-11-6-7-13-19(16)35-3)28-24(31)20(37-26(28)27-17)14-15-10-8-12-18(23(15)30)29(33)34/h6-8,10-14,22,30H,4-5,9H2,1-3H3/b20-14-. The summed E-state index contributed by atoms with van der Waals surface area (Å²) in [6.07, 6.45) is 2.58. The molecule has 3 aromatic rings. The van der Waals surface area contributed by atoms with Crippen molar-refractivity contribution in [2.24, 2.45) is 4.99 Å². The minimum absolute atomic E-state index is 0.117. The highest BCUT2D eigenvalue weighted by atomic mass is 32.1. The second-order valence-electron chi connectivity index (χ2n) is 8.13. The second kappa shape index (κ2) is 10.8. The van der Waals surface area contributed by atoms with Crippen LogP contribution in [0, 0.1) is 10.1 Å². The zero-order valence-corrected chi connectivity index (χ0v) is 21.3. The van der Waals surface area contributed by atoms with E-state index in [0.717, 1.165) is 11.3 Å². The maximum Gasteiger partial charge on any atom is 0.338 e. The zero-order chi connectivity index (χ0) is 26.7. The van der Waals surface area contributed by atoms with Gasteiger partial charge >= 0.3 is 11.7 Å². The number of allylic oxidation sites excluding steroid dienone is 1. The summed E-state index contributed by atoms with van der Waals surface area (Å²) >= 11 is 1.07. The first-order chi connectivity index (χ1) is 17.8. The number of carbonyl (C=O) groups excluding carboxylic acids is 1. The van der Waals surface area contributed by atoms with Crippen LogP contribution in [0.2, 0.25) is 0 Å². The van der Waals surface area contributed by atoms with Crippen LogP contribution in [0.5, 0.6) is 11.5 Å². The van der Waals surface area contributed by atoms with Crippen LogP contribution in [0.4, 0.5) is 5.69 Å². The van der Waals surface area contributed by atoms with Gasteiger partial charge in [0.2, 0.25) is 5.75 Å². The van der Waals surface area contributed by atoms with Gasteiger partial charge in [-0.25, -0.2) is 9.79 Å². The number of fused-ring (bicyclic) bond motifs is 1. The van der Waals surface area contributed by atoms with E-state index in [9.17, 15) is 24.8 Å². The lowest BCUT2D eigenvalue weighted by atomic mass is 9.93. The van der Waals surface area contributed by atoms with E-state index < -0.39 is 33.9 Å². The summed E-state index contributed by atoms with van der Waals surface area (Å²) in [7, 11) is 1.51. The van der Waals surface area contributed by atoms with Crippen molar-refractivity contribution in [1.29, 1.82) is 0 Å². The summed E-state index contributed by atoms with van der Waals surface area (Å²) in [5, 5.41) is 21.7. The number of benzene rings is 2. The van der Waals surface area contributed by atoms with Gasteiger partial charge in [-0.3, -0.25) is 19.5 Å². The minimum Gasteiger partial charge on any atom is -0.502 e. The molecule has 1 N–H and O–H groups in total. The Balaban J connectivity index is 2.04. The number of ether oxygens (including phenoxy) is 2. The van der Waals surface area contributed by atoms with Crippen molar-refractivity contribution < 1.29 is 24.3 Å². The van der Waals surface area contributed by atoms with E-state index in [0.29, 0.717) is 34.7 Å². The highest BCUT2D eigenvalue weighted by Gasteiger charge is 2.35. The van der Waals surface area contributed by atoms with Crippen molar-refractivity contribution in [2.75, 3.05) is 13.7 Å². The molecule has 2 heterocycles. The van der Waals surface area contributed by atoms with Crippen LogP contribution < -0.4 is 19.6 Å². The van der Waals surface area contributed by atoms with Gasteiger partial charge < -0.3 is 14.6 Å². The molecule has 0 saturated heterocycles. The van der Waals surface area contributed by atoms with Crippen LogP contribution in [0.25, 0.3) is 6.08 Å². The van der Waals surface area contributed by atoms with Crippen LogP contribution in [-0.4, -0.2) is 34.3 Å². The van der Waals surface area contributed by atoms with Gasteiger partial charge in [-0.1, -0.05) is 55.0 Å². The zero-order valence-electron chi connectivity index (χ0n) is 20.5. The number of phenols is 1. The van der Waals surface area contributed by atoms with Gasteiger partial charge in [-0.05, 0) is 25.5 Å². The molecule has 2 aromatic carbocycles. The van der Waals surface area contributed by atoms with E-state index >= 15 is 0 Å². The predicted molar refractivity (Wildman–Crippen MR) is 137 cm³/mol. The van der Waals surface area contributed by atoms with Crippen LogP contribution in [-0.2, 0) is 9.53 Å². The Morgan fingerprint density at radius 1 is 1.24 bits per heavy atom. The third kappa shape index (κ3) is 4.77. The van der Waals surface area contributed by atoms with Gasteiger partial charge in [0.25, 0.3) is 5.56 Å². The molecule has 1 aliphatic rings. The average Bonchev–Trinajstić information content (AvgIpc) is 3.19. The monoisotopic (exact) mass is 523 g/mol. The number of thiazole rings is 1. The molecule has 37 heavy (non-hydrogen) atoms. The number of methoxy groups -OCH3 is 1. The normalized spacial score (nSPS) is 15.2. The number of phenolic OH excluding ortho intramolecular Hbond substituents is 1. The Morgan fingerprint density at radius 3 is 2.68 bits per heavy atom. The van der Waals surface area contributed by atoms with Crippen molar-refractivity contribution in [1.82, 2.24) is 4.57 Å². The molecule has 0 fully saturated rings. The lowest BCUT2D eigenvalue weighted by molar-refractivity contribution is -0.385. The molecule has 0 amide bonds. The number of hydrogen-bond acceptors (Lipinski definition) is 9. The van der Waals surface area contributed by atoms with E-state index in [4.69, 9.17) is 9.47 Å². The number of nitro benzene ring substituents is 1. The molecule has 4 rings (SSSR count). The van der Waals surface area contributed by atoms with E-state index in [1.807, 2.05) is 6.92 Å². The maximum absolute atomic E-state index is 13.8. The van der Waals surface area contributed by atoms with Crippen LogP contribution in [0.3, 0.4) is 0 Å². The second-order valence-corrected chi connectivity index (χ2v) is 9.14. The largest absolute Gasteiger partial charge is 0.502 e. The van der Waals surface area contributed by atoms with Crippen molar-refractivity contribution >= 4 is 29.1 Å². The molecule has 10 nitrogen and oxygen atoms in total. The highest BCUT2D eigenvalue weighted by molar-refractivity contribution is 7.07. The first-order valence-corrected chi connectivity index (χ1v) is 12.4. The van der Waals surface area contributed by atoms with Crippen molar-refractivity contribution in [3.05, 3.63) is 94.7 Å². The van der Waals surface area contributed by atoms with Crippen LogP contribution >= 0.6 is 11.3 Å². The first kappa shape index (κ1) is 25.8. The Kier molecular flexibility index (Phi) is 7.53. The topological polar surface area (TPSA) is 133 Å². The van der Waals surface area contributed by atoms with Gasteiger partial charge in [0.15, 0.2) is 4.80 Å². The fraction of sp³-hybridized carbons (Fsp3) is 0.269.